The molecule has 0 aliphatic heterocycles. The molecule has 0 aliphatic carbocycles. The van der Waals surface area contributed by atoms with Crippen LogP contribution >= 0.6 is 0 Å². The van der Waals surface area contributed by atoms with Crippen LogP contribution in [0.2, 0.25) is 0 Å². The second-order valence-corrected chi connectivity index (χ2v) is 6.09. The highest BCUT2D eigenvalue weighted by Gasteiger charge is 2.17. The third kappa shape index (κ3) is 5.95. The zero-order valence-corrected chi connectivity index (χ0v) is 14.4. The van der Waals surface area contributed by atoms with Crippen molar-refractivity contribution in [2.75, 3.05) is 13.2 Å². The molecule has 0 aromatic heterocycles. The molecule has 0 saturated heterocycles. The molecular formula is C20H26FNO2. The normalized spacial score (nSPS) is 13.7. The molecule has 24 heavy (non-hydrogen) atoms. The smallest absolute Gasteiger partial charge is 0.123 e. The van der Waals surface area contributed by atoms with Crippen LogP contribution < -0.4 is 4.74 Å². The molecule has 4 heteroatoms. The zero-order chi connectivity index (χ0) is 17.4. The van der Waals surface area contributed by atoms with Crippen molar-refractivity contribution in [1.82, 2.24) is 4.90 Å². The van der Waals surface area contributed by atoms with E-state index >= 15 is 0 Å². The Morgan fingerprint density at radius 1 is 1.12 bits per heavy atom. The number of rotatable bonds is 9. The standard InChI is InChI=1S/C20H26FNO2/c1-3-16(2)22(13-17-8-7-9-18(21)12-17)14-19(23)15-24-20-10-5-4-6-11-20/h4-12,16,19,23H,3,13-15H2,1-2H3. The van der Waals surface area contributed by atoms with Crippen LogP contribution in [0, 0.1) is 5.82 Å². The van der Waals surface area contributed by atoms with Crippen LogP contribution in [0.25, 0.3) is 0 Å². The number of para-hydroxylation sites is 1. The van der Waals surface area contributed by atoms with Crippen LogP contribution in [-0.4, -0.2) is 35.3 Å². The van der Waals surface area contributed by atoms with E-state index < -0.39 is 6.10 Å². The molecule has 1 N–H and O–H groups in total. The largest absolute Gasteiger partial charge is 0.491 e. The summed E-state index contributed by atoms with van der Waals surface area (Å²) in [6, 6.07) is 16.4. The van der Waals surface area contributed by atoms with Gasteiger partial charge in [0.2, 0.25) is 0 Å². The molecule has 2 aromatic rings. The van der Waals surface area contributed by atoms with Crippen LogP contribution in [0.3, 0.4) is 0 Å². The molecule has 0 spiro atoms. The molecule has 2 rings (SSSR count). The summed E-state index contributed by atoms with van der Waals surface area (Å²) in [5.41, 5.74) is 0.909. The Labute approximate surface area is 143 Å². The quantitative estimate of drug-likeness (QED) is 0.757. The van der Waals surface area contributed by atoms with E-state index in [1.807, 2.05) is 36.4 Å². The lowest BCUT2D eigenvalue weighted by molar-refractivity contribution is 0.0506. The van der Waals surface area contributed by atoms with Gasteiger partial charge in [-0.1, -0.05) is 37.3 Å². The lowest BCUT2D eigenvalue weighted by Gasteiger charge is -2.30. The van der Waals surface area contributed by atoms with E-state index in [9.17, 15) is 9.50 Å². The average molecular weight is 331 g/mol. The molecule has 2 atom stereocenters. The van der Waals surface area contributed by atoms with Crippen molar-refractivity contribution in [2.24, 2.45) is 0 Å². The molecule has 0 bridgehead atoms. The summed E-state index contributed by atoms with van der Waals surface area (Å²) in [6.45, 7) is 5.55. The molecule has 0 aliphatic rings. The number of nitrogens with zero attached hydrogens (tertiary/aromatic N) is 1. The number of ether oxygens (including phenoxy) is 1. The SMILES string of the molecule is CCC(C)N(Cc1cccc(F)c1)CC(O)COc1ccccc1. The van der Waals surface area contributed by atoms with Gasteiger partial charge in [0.05, 0.1) is 0 Å². The highest BCUT2D eigenvalue weighted by molar-refractivity contribution is 5.21. The van der Waals surface area contributed by atoms with Crippen molar-refractivity contribution in [3.05, 3.63) is 66.0 Å². The molecule has 2 aromatic carbocycles. The molecule has 130 valence electrons. The summed E-state index contributed by atoms with van der Waals surface area (Å²) in [6.07, 6.45) is 0.356. The maximum atomic E-state index is 13.4. The van der Waals surface area contributed by atoms with E-state index in [4.69, 9.17) is 4.74 Å². The Balaban J connectivity index is 1.92. The van der Waals surface area contributed by atoms with E-state index in [-0.39, 0.29) is 12.4 Å². The van der Waals surface area contributed by atoms with E-state index in [1.54, 1.807) is 12.1 Å². The minimum atomic E-state index is -0.604. The summed E-state index contributed by atoms with van der Waals surface area (Å²) in [7, 11) is 0. The predicted molar refractivity (Wildman–Crippen MR) is 94.5 cm³/mol. The number of aliphatic hydroxyl groups is 1. The molecule has 2 unspecified atom stereocenters. The van der Waals surface area contributed by atoms with Gasteiger partial charge in [0.1, 0.15) is 24.3 Å². The van der Waals surface area contributed by atoms with Crippen molar-refractivity contribution in [3.63, 3.8) is 0 Å². The lowest BCUT2D eigenvalue weighted by Crippen LogP contribution is -2.40. The first kappa shape index (κ1) is 18.4. The Hall–Kier alpha value is -1.91. The van der Waals surface area contributed by atoms with Gasteiger partial charge < -0.3 is 9.84 Å². The third-order valence-electron chi connectivity index (χ3n) is 4.12. The first-order valence-electron chi connectivity index (χ1n) is 8.43. The molecule has 0 saturated carbocycles. The van der Waals surface area contributed by atoms with E-state index in [1.165, 1.54) is 6.07 Å². The zero-order valence-electron chi connectivity index (χ0n) is 14.4. The average Bonchev–Trinajstić information content (AvgIpc) is 2.59. The van der Waals surface area contributed by atoms with Gasteiger partial charge in [0.15, 0.2) is 0 Å². The summed E-state index contributed by atoms with van der Waals surface area (Å²) < 4.78 is 19.0. The number of hydrogen-bond acceptors (Lipinski definition) is 3. The Morgan fingerprint density at radius 2 is 1.88 bits per heavy atom. The molecule has 0 heterocycles. The van der Waals surface area contributed by atoms with Gasteiger partial charge in [-0.15, -0.1) is 0 Å². The fraction of sp³-hybridized carbons (Fsp3) is 0.400. The van der Waals surface area contributed by atoms with Crippen molar-refractivity contribution in [3.8, 4) is 5.75 Å². The van der Waals surface area contributed by atoms with Gasteiger partial charge in [-0.2, -0.15) is 0 Å². The van der Waals surface area contributed by atoms with Gasteiger partial charge in [0, 0.05) is 19.1 Å². The van der Waals surface area contributed by atoms with E-state index in [0.29, 0.717) is 19.1 Å². The fourth-order valence-corrected chi connectivity index (χ4v) is 2.56. The second-order valence-electron chi connectivity index (χ2n) is 6.09. The Bertz CT molecular complexity index is 606. The minimum Gasteiger partial charge on any atom is -0.491 e. The monoisotopic (exact) mass is 331 g/mol. The second kappa shape index (κ2) is 9.40. The summed E-state index contributed by atoms with van der Waals surface area (Å²) in [4.78, 5) is 2.16. The van der Waals surface area contributed by atoms with Crippen molar-refractivity contribution in [1.29, 1.82) is 0 Å². The highest BCUT2D eigenvalue weighted by Crippen LogP contribution is 2.14. The van der Waals surface area contributed by atoms with Gasteiger partial charge in [-0.05, 0) is 43.2 Å². The topological polar surface area (TPSA) is 32.7 Å². The van der Waals surface area contributed by atoms with Crippen molar-refractivity contribution >= 4 is 0 Å². The first-order valence-corrected chi connectivity index (χ1v) is 8.43. The van der Waals surface area contributed by atoms with Gasteiger partial charge in [-0.25, -0.2) is 4.39 Å². The molecule has 0 radical (unpaired) electrons. The maximum Gasteiger partial charge on any atom is 0.123 e. The van der Waals surface area contributed by atoms with Crippen LogP contribution in [-0.2, 0) is 6.54 Å². The highest BCUT2D eigenvalue weighted by atomic mass is 19.1. The molecule has 0 fully saturated rings. The van der Waals surface area contributed by atoms with Crippen molar-refractivity contribution < 1.29 is 14.2 Å². The van der Waals surface area contributed by atoms with Crippen LogP contribution in [0.15, 0.2) is 54.6 Å². The molecular weight excluding hydrogens is 305 g/mol. The van der Waals surface area contributed by atoms with E-state index in [0.717, 1.165) is 17.7 Å². The van der Waals surface area contributed by atoms with Gasteiger partial charge >= 0.3 is 0 Å². The van der Waals surface area contributed by atoms with E-state index in [2.05, 4.69) is 18.7 Å². The van der Waals surface area contributed by atoms with Gasteiger partial charge in [-0.3, -0.25) is 4.90 Å². The van der Waals surface area contributed by atoms with Crippen LogP contribution in [0.5, 0.6) is 5.75 Å². The van der Waals surface area contributed by atoms with Crippen LogP contribution in [0.1, 0.15) is 25.8 Å². The maximum absolute atomic E-state index is 13.4. The van der Waals surface area contributed by atoms with Crippen molar-refractivity contribution in [2.45, 2.75) is 39.0 Å². The number of benzene rings is 2. The van der Waals surface area contributed by atoms with Gasteiger partial charge in [0.25, 0.3) is 0 Å². The lowest BCUT2D eigenvalue weighted by atomic mass is 10.1. The minimum absolute atomic E-state index is 0.232. The Morgan fingerprint density at radius 3 is 2.54 bits per heavy atom. The number of aliphatic hydroxyl groups excluding tert-OH is 1. The fourth-order valence-electron chi connectivity index (χ4n) is 2.56. The molecule has 0 amide bonds. The first-order chi connectivity index (χ1) is 11.6. The summed E-state index contributed by atoms with van der Waals surface area (Å²) in [5, 5.41) is 10.3. The number of halogens is 1. The number of hydrogen-bond donors (Lipinski definition) is 1. The summed E-state index contributed by atoms with van der Waals surface area (Å²) in [5.74, 6) is 0.515. The summed E-state index contributed by atoms with van der Waals surface area (Å²) >= 11 is 0. The Kier molecular flexibility index (Phi) is 7.22. The third-order valence-corrected chi connectivity index (χ3v) is 4.12. The molecule has 3 nitrogen and oxygen atoms in total. The van der Waals surface area contributed by atoms with Crippen LogP contribution in [0.4, 0.5) is 4.39 Å². The predicted octanol–water partition coefficient (Wildman–Crippen LogP) is 3.87.